The van der Waals surface area contributed by atoms with Crippen LogP contribution >= 0.6 is 11.8 Å². The first kappa shape index (κ1) is 17.3. The summed E-state index contributed by atoms with van der Waals surface area (Å²) in [5, 5.41) is 2.85. The summed E-state index contributed by atoms with van der Waals surface area (Å²) in [6.45, 7) is 9.19. The molecule has 116 valence electrons. The van der Waals surface area contributed by atoms with Gasteiger partial charge in [-0.2, -0.15) is 11.8 Å². The number of carbonyl (C=O) groups excluding carboxylic acids is 2. The largest absolute Gasteiger partial charge is 0.460 e. The van der Waals surface area contributed by atoms with Crippen molar-refractivity contribution in [3.05, 3.63) is 0 Å². The highest BCUT2D eigenvalue weighted by Crippen LogP contribution is 2.09. The van der Waals surface area contributed by atoms with E-state index in [1.165, 1.54) is 11.5 Å². The van der Waals surface area contributed by atoms with Crippen molar-refractivity contribution in [2.45, 2.75) is 39.2 Å². The maximum Gasteiger partial charge on any atom is 0.306 e. The second-order valence-corrected chi connectivity index (χ2v) is 7.12. The quantitative estimate of drug-likeness (QED) is 0.749. The lowest BCUT2D eigenvalue weighted by atomic mass is 10.2. The minimum Gasteiger partial charge on any atom is -0.460 e. The molecule has 0 bridgehead atoms. The number of rotatable bonds is 6. The number of esters is 1. The van der Waals surface area contributed by atoms with Gasteiger partial charge in [-0.3, -0.25) is 14.5 Å². The molecule has 1 aliphatic rings. The van der Waals surface area contributed by atoms with Gasteiger partial charge in [0.2, 0.25) is 5.91 Å². The molecule has 1 aliphatic heterocycles. The molecule has 1 saturated heterocycles. The van der Waals surface area contributed by atoms with Crippen LogP contribution in [0.3, 0.4) is 0 Å². The van der Waals surface area contributed by atoms with Gasteiger partial charge in [0.05, 0.1) is 6.42 Å². The van der Waals surface area contributed by atoms with Crippen molar-refractivity contribution in [3.63, 3.8) is 0 Å². The van der Waals surface area contributed by atoms with Crippen LogP contribution < -0.4 is 5.32 Å². The molecule has 1 fully saturated rings. The van der Waals surface area contributed by atoms with Crippen molar-refractivity contribution < 1.29 is 14.3 Å². The normalized spacial score (nSPS) is 16.8. The molecule has 20 heavy (non-hydrogen) atoms. The molecule has 0 spiro atoms. The lowest BCUT2D eigenvalue weighted by molar-refractivity contribution is -0.155. The molecule has 1 rings (SSSR count). The molecule has 1 heterocycles. The van der Waals surface area contributed by atoms with E-state index in [0.717, 1.165) is 19.6 Å². The molecule has 1 amide bonds. The number of thioether (sulfide) groups is 1. The fourth-order valence-electron chi connectivity index (χ4n) is 1.87. The summed E-state index contributed by atoms with van der Waals surface area (Å²) in [6.07, 6.45) is 0.341. The van der Waals surface area contributed by atoms with Crippen LogP contribution in [0, 0.1) is 0 Å². The number of hydrogen-bond donors (Lipinski definition) is 1. The zero-order chi connectivity index (χ0) is 15.0. The van der Waals surface area contributed by atoms with Gasteiger partial charge in [-0.15, -0.1) is 0 Å². The Morgan fingerprint density at radius 1 is 1.20 bits per heavy atom. The van der Waals surface area contributed by atoms with Crippen molar-refractivity contribution in [2.24, 2.45) is 0 Å². The molecular weight excluding hydrogens is 276 g/mol. The maximum atomic E-state index is 11.6. The standard InChI is InChI=1S/C14H26N2O3S/c1-14(2,3)19-13(18)5-4-12(17)15-6-7-16-8-10-20-11-9-16/h4-11H2,1-3H3,(H,15,17). The summed E-state index contributed by atoms with van der Waals surface area (Å²) in [5.41, 5.74) is -0.486. The van der Waals surface area contributed by atoms with Gasteiger partial charge in [0.15, 0.2) is 0 Å². The van der Waals surface area contributed by atoms with E-state index in [4.69, 9.17) is 4.74 Å². The molecule has 0 aromatic heterocycles. The molecule has 0 radical (unpaired) electrons. The highest BCUT2D eigenvalue weighted by molar-refractivity contribution is 7.99. The van der Waals surface area contributed by atoms with E-state index in [1.807, 2.05) is 32.5 Å². The Kier molecular flexibility index (Phi) is 7.37. The molecule has 0 unspecified atom stereocenters. The van der Waals surface area contributed by atoms with Crippen molar-refractivity contribution in [1.29, 1.82) is 0 Å². The molecule has 0 aliphatic carbocycles. The Morgan fingerprint density at radius 3 is 2.45 bits per heavy atom. The van der Waals surface area contributed by atoms with E-state index in [9.17, 15) is 9.59 Å². The van der Waals surface area contributed by atoms with Crippen LogP contribution in [0.25, 0.3) is 0 Å². The Balaban J connectivity index is 2.06. The zero-order valence-electron chi connectivity index (χ0n) is 12.7. The predicted molar refractivity (Wildman–Crippen MR) is 81.9 cm³/mol. The number of carbonyl (C=O) groups is 2. The number of hydrogen-bond acceptors (Lipinski definition) is 5. The minimum atomic E-state index is -0.486. The lowest BCUT2D eigenvalue weighted by Crippen LogP contribution is -2.39. The van der Waals surface area contributed by atoms with Crippen molar-refractivity contribution >= 4 is 23.6 Å². The summed E-state index contributed by atoms with van der Waals surface area (Å²) in [7, 11) is 0. The van der Waals surface area contributed by atoms with Gasteiger partial charge < -0.3 is 10.1 Å². The molecule has 5 nitrogen and oxygen atoms in total. The van der Waals surface area contributed by atoms with Gasteiger partial charge in [-0.05, 0) is 20.8 Å². The van der Waals surface area contributed by atoms with E-state index in [0.29, 0.717) is 6.54 Å². The third-order valence-electron chi connectivity index (χ3n) is 2.83. The Bertz CT molecular complexity index is 323. The summed E-state index contributed by atoms with van der Waals surface area (Å²) < 4.78 is 5.16. The third-order valence-corrected chi connectivity index (χ3v) is 3.77. The van der Waals surface area contributed by atoms with Crippen molar-refractivity contribution in [2.75, 3.05) is 37.7 Å². The van der Waals surface area contributed by atoms with Gasteiger partial charge in [0, 0.05) is 44.1 Å². The molecular formula is C14H26N2O3S. The fourth-order valence-corrected chi connectivity index (χ4v) is 2.85. The van der Waals surface area contributed by atoms with Gasteiger partial charge in [0.25, 0.3) is 0 Å². The molecule has 0 atom stereocenters. The highest BCUT2D eigenvalue weighted by atomic mass is 32.2. The van der Waals surface area contributed by atoms with Gasteiger partial charge >= 0.3 is 5.97 Å². The number of amides is 1. The van der Waals surface area contributed by atoms with Crippen LogP contribution in [-0.2, 0) is 14.3 Å². The van der Waals surface area contributed by atoms with Crippen LogP contribution in [0.4, 0.5) is 0 Å². The van der Waals surface area contributed by atoms with Crippen molar-refractivity contribution in [1.82, 2.24) is 10.2 Å². The average Bonchev–Trinajstić information content (AvgIpc) is 2.36. The van der Waals surface area contributed by atoms with E-state index < -0.39 is 5.60 Å². The number of ether oxygens (including phenoxy) is 1. The lowest BCUT2D eigenvalue weighted by Gasteiger charge is -2.26. The van der Waals surface area contributed by atoms with Gasteiger partial charge in [-0.25, -0.2) is 0 Å². The summed E-state index contributed by atoms with van der Waals surface area (Å²) in [4.78, 5) is 25.4. The minimum absolute atomic E-state index is 0.0813. The second kappa shape index (κ2) is 8.52. The Labute approximate surface area is 125 Å². The highest BCUT2D eigenvalue weighted by Gasteiger charge is 2.17. The van der Waals surface area contributed by atoms with Crippen LogP contribution in [0.5, 0.6) is 0 Å². The van der Waals surface area contributed by atoms with Crippen molar-refractivity contribution in [3.8, 4) is 0 Å². The van der Waals surface area contributed by atoms with Gasteiger partial charge in [-0.1, -0.05) is 0 Å². The Morgan fingerprint density at radius 2 is 1.85 bits per heavy atom. The molecule has 0 aromatic carbocycles. The predicted octanol–water partition coefficient (Wildman–Crippen LogP) is 1.27. The summed E-state index contributed by atoms with van der Waals surface area (Å²) >= 11 is 1.97. The van der Waals surface area contributed by atoms with Gasteiger partial charge in [0.1, 0.15) is 5.60 Å². The van der Waals surface area contributed by atoms with E-state index in [-0.39, 0.29) is 24.7 Å². The molecule has 0 saturated carbocycles. The Hall–Kier alpha value is -0.750. The first-order chi connectivity index (χ1) is 9.37. The molecule has 0 aromatic rings. The fraction of sp³-hybridized carbons (Fsp3) is 0.857. The average molecular weight is 302 g/mol. The first-order valence-corrected chi connectivity index (χ1v) is 8.31. The van der Waals surface area contributed by atoms with E-state index in [1.54, 1.807) is 0 Å². The van der Waals surface area contributed by atoms with Crippen LogP contribution in [0.1, 0.15) is 33.6 Å². The zero-order valence-corrected chi connectivity index (χ0v) is 13.6. The SMILES string of the molecule is CC(C)(C)OC(=O)CCC(=O)NCCN1CCSCC1. The van der Waals surface area contributed by atoms with Crippen LogP contribution in [0.15, 0.2) is 0 Å². The number of nitrogens with one attached hydrogen (secondary N) is 1. The maximum absolute atomic E-state index is 11.6. The smallest absolute Gasteiger partial charge is 0.306 e. The van der Waals surface area contributed by atoms with E-state index in [2.05, 4.69) is 10.2 Å². The summed E-state index contributed by atoms with van der Waals surface area (Å²) in [5.74, 6) is 1.95. The first-order valence-electron chi connectivity index (χ1n) is 7.15. The van der Waals surface area contributed by atoms with Crippen LogP contribution in [-0.4, -0.2) is 60.1 Å². The number of nitrogens with zero attached hydrogens (tertiary/aromatic N) is 1. The summed E-state index contributed by atoms with van der Waals surface area (Å²) in [6, 6.07) is 0. The molecule has 1 N–H and O–H groups in total. The monoisotopic (exact) mass is 302 g/mol. The van der Waals surface area contributed by atoms with E-state index >= 15 is 0 Å². The molecule has 6 heteroatoms. The topological polar surface area (TPSA) is 58.6 Å². The third kappa shape index (κ3) is 8.43. The second-order valence-electron chi connectivity index (χ2n) is 5.89. The van der Waals surface area contributed by atoms with Crippen LogP contribution in [0.2, 0.25) is 0 Å².